The van der Waals surface area contributed by atoms with E-state index in [4.69, 9.17) is 4.42 Å². The molecular formula is C14H26N2O3S. The third kappa shape index (κ3) is 4.92. The third-order valence-electron chi connectivity index (χ3n) is 2.92. The molecule has 0 aliphatic carbocycles. The molecule has 0 bridgehead atoms. The fourth-order valence-corrected chi connectivity index (χ4v) is 2.73. The van der Waals surface area contributed by atoms with Gasteiger partial charge in [-0.2, -0.15) is 4.31 Å². The minimum atomic E-state index is -3.51. The van der Waals surface area contributed by atoms with Crippen molar-refractivity contribution < 1.29 is 12.8 Å². The molecule has 20 heavy (non-hydrogen) atoms. The molecule has 1 heterocycles. The average Bonchev–Trinajstić information content (AvgIpc) is 2.82. The van der Waals surface area contributed by atoms with Gasteiger partial charge in [-0.15, -0.1) is 0 Å². The zero-order valence-electron chi connectivity index (χ0n) is 13.1. The lowest BCUT2D eigenvalue weighted by Crippen LogP contribution is -2.34. The molecule has 0 radical (unpaired) electrons. The van der Waals surface area contributed by atoms with Crippen molar-refractivity contribution in [2.24, 2.45) is 0 Å². The lowest BCUT2D eigenvalue weighted by Gasteiger charge is -2.19. The molecule has 5 nitrogen and oxygen atoms in total. The van der Waals surface area contributed by atoms with Gasteiger partial charge in [-0.3, -0.25) is 0 Å². The summed E-state index contributed by atoms with van der Waals surface area (Å²) < 4.78 is 31.3. The second-order valence-corrected chi connectivity index (χ2v) is 7.98. The Morgan fingerprint density at radius 1 is 1.30 bits per heavy atom. The van der Waals surface area contributed by atoms with Gasteiger partial charge in [-0.25, -0.2) is 8.42 Å². The number of sulfonamides is 1. The van der Waals surface area contributed by atoms with E-state index in [2.05, 4.69) is 5.32 Å². The molecule has 1 aromatic rings. The Balaban J connectivity index is 2.75. The van der Waals surface area contributed by atoms with Crippen molar-refractivity contribution in [1.29, 1.82) is 0 Å². The van der Waals surface area contributed by atoms with E-state index in [1.807, 2.05) is 27.7 Å². The molecule has 0 aliphatic heterocycles. The molecule has 0 atom stereocenters. The van der Waals surface area contributed by atoms with Crippen LogP contribution >= 0.6 is 0 Å². The van der Waals surface area contributed by atoms with E-state index >= 15 is 0 Å². The number of hydrogen-bond donors (Lipinski definition) is 1. The molecule has 0 unspecified atom stereocenters. The molecule has 1 aromatic heterocycles. The van der Waals surface area contributed by atoms with E-state index in [0.717, 1.165) is 12.8 Å². The smallest absolute Gasteiger partial charge is 0.276 e. The van der Waals surface area contributed by atoms with Crippen LogP contribution < -0.4 is 5.32 Å². The molecule has 116 valence electrons. The molecular weight excluding hydrogens is 276 g/mol. The first-order valence-corrected chi connectivity index (χ1v) is 8.41. The quantitative estimate of drug-likeness (QED) is 0.841. The standard InChI is InChI=1S/C14H26N2O3S/c1-6-7-10-16(5)20(17,18)13-9-8-12(19-13)11-15-14(2,3)4/h8-9,15H,6-7,10-11H2,1-5H3. The van der Waals surface area contributed by atoms with Crippen molar-refractivity contribution in [3.8, 4) is 0 Å². The van der Waals surface area contributed by atoms with E-state index in [0.29, 0.717) is 18.8 Å². The number of hydrogen-bond acceptors (Lipinski definition) is 4. The summed E-state index contributed by atoms with van der Waals surface area (Å²) in [6.45, 7) is 9.20. The maximum atomic E-state index is 12.3. The van der Waals surface area contributed by atoms with Gasteiger partial charge in [0.2, 0.25) is 5.09 Å². The summed E-state index contributed by atoms with van der Waals surface area (Å²) in [6, 6.07) is 3.23. The highest BCUT2D eigenvalue weighted by Gasteiger charge is 2.24. The number of rotatable bonds is 7. The first-order chi connectivity index (χ1) is 9.16. The van der Waals surface area contributed by atoms with Gasteiger partial charge in [0.15, 0.2) is 0 Å². The summed E-state index contributed by atoms with van der Waals surface area (Å²) in [7, 11) is -1.92. The van der Waals surface area contributed by atoms with E-state index in [1.165, 1.54) is 10.4 Å². The summed E-state index contributed by atoms with van der Waals surface area (Å²) in [5, 5.41) is 3.28. The molecule has 0 aliphatic rings. The van der Waals surface area contributed by atoms with E-state index < -0.39 is 10.0 Å². The minimum absolute atomic E-state index is 0.0156. The summed E-state index contributed by atoms with van der Waals surface area (Å²) in [5.41, 5.74) is -0.0380. The Kier molecular flexibility index (Phi) is 5.79. The maximum Gasteiger partial charge on any atom is 0.276 e. The Bertz CT molecular complexity index is 515. The van der Waals surface area contributed by atoms with Crippen LogP contribution in [0.3, 0.4) is 0 Å². The Hall–Kier alpha value is -0.850. The maximum absolute atomic E-state index is 12.3. The van der Waals surface area contributed by atoms with Gasteiger partial charge in [-0.05, 0) is 39.3 Å². The summed E-state index contributed by atoms with van der Waals surface area (Å²) in [4.78, 5) is 0. The number of furan rings is 1. The van der Waals surface area contributed by atoms with Crippen LogP contribution in [0, 0.1) is 0 Å². The van der Waals surface area contributed by atoms with Gasteiger partial charge >= 0.3 is 0 Å². The number of nitrogens with one attached hydrogen (secondary N) is 1. The Morgan fingerprint density at radius 2 is 1.95 bits per heavy atom. The Morgan fingerprint density at radius 3 is 2.50 bits per heavy atom. The Labute approximate surface area is 122 Å². The van der Waals surface area contributed by atoms with Gasteiger partial charge in [0.25, 0.3) is 10.0 Å². The zero-order chi connectivity index (χ0) is 15.4. The molecule has 0 amide bonds. The minimum Gasteiger partial charge on any atom is -0.447 e. The summed E-state index contributed by atoms with van der Waals surface area (Å²) in [6.07, 6.45) is 1.80. The van der Waals surface area contributed by atoms with Crippen molar-refractivity contribution in [1.82, 2.24) is 9.62 Å². The lowest BCUT2D eigenvalue weighted by atomic mass is 10.1. The van der Waals surface area contributed by atoms with Crippen LogP contribution in [0.4, 0.5) is 0 Å². The van der Waals surface area contributed by atoms with E-state index in [-0.39, 0.29) is 10.6 Å². The van der Waals surface area contributed by atoms with E-state index in [9.17, 15) is 8.42 Å². The van der Waals surface area contributed by atoms with Gasteiger partial charge < -0.3 is 9.73 Å². The lowest BCUT2D eigenvalue weighted by molar-refractivity contribution is 0.351. The molecule has 6 heteroatoms. The van der Waals surface area contributed by atoms with Crippen LogP contribution in [0.15, 0.2) is 21.6 Å². The van der Waals surface area contributed by atoms with Gasteiger partial charge in [0.1, 0.15) is 5.76 Å². The highest BCUT2D eigenvalue weighted by molar-refractivity contribution is 7.89. The van der Waals surface area contributed by atoms with Crippen molar-refractivity contribution in [2.75, 3.05) is 13.6 Å². The van der Waals surface area contributed by atoms with Crippen LogP contribution in [-0.4, -0.2) is 31.9 Å². The predicted octanol–water partition coefficient (Wildman–Crippen LogP) is 2.59. The highest BCUT2D eigenvalue weighted by atomic mass is 32.2. The molecule has 0 saturated carbocycles. The SMILES string of the molecule is CCCCN(C)S(=O)(=O)c1ccc(CNC(C)(C)C)o1. The normalized spacial score (nSPS) is 13.1. The zero-order valence-corrected chi connectivity index (χ0v) is 13.9. The highest BCUT2D eigenvalue weighted by Crippen LogP contribution is 2.18. The summed E-state index contributed by atoms with van der Waals surface area (Å²) in [5.74, 6) is 0.627. The van der Waals surface area contributed by atoms with Crippen LogP contribution in [0.5, 0.6) is 0 Å². The number of nitrogens with zero attached hydrogens (tertiary/aromatic N) is 1. The average molecular weight is 302 g/mol. The predicted molar refractivity (Wildman–Crippen MR) is 80.0 cm³/mol. The third-order valence-corrected chi connectivity index (χ3v) is 4.65. The molecule has 0 fully saturated rings. The van der Waals surface area contributed by atoms with Crippen LogP contribution in [0.2, 0.25) is 0 Å². The van der Waals surface area contributed by atoms with Gasteiger partial charge in [-0.1, -0.05) is 13.3 Å². The monoisotopic (exact) mass is 302 g/mol. The van der Waals surface area contributed by atoms with Crippen molar-refractivity contribution in [2.45, 2.75) is 57.7 Å². The largest absolute Gasteiger partial charge is 0.447 e. The molecule has 1 rings (SSSR count). The van der Waals surface area contributed by atoms with Crippen molar-refractivity contribution in [3.63, 3.8) is 0 Å². The van der Waals surface area contributed by atoms with Crippen LogP contribution in [0.25, 0.3) is 0 Å². The van der Waals surface area contributed by atoms with Crippen LogP contribution in [0.1, 0.15) is 46.3 Å². The second-order valence-electron chi connectivity index (χ2n) is 6.00. The van der Waals surface area contributed by atoms with Crippen molar-refractivity contribution in [3.05, 3.63) is 17.9 Å². The molecule has 1 N–H and O–H groups in total. The fourth-order valence-electron chi connectivity index (χ4n) is 1.60. The van der Waals surface area contributed by atoms with Crippen LogP contribution in [-0.2, 0) is 16.6 Å². The number of unbranched alkanes of at least 4 members (excludes halogenated alkanes) is 1. The van der Waals surface area contributed by atoms with E-state index in [1.54, 1.807) is 13.1 Å². The molecule has 0 saturated heterocycles. The molecule has 0 spiro atoms. The fraction of sp³-hybridized carbons (Fsp3) is 0.714. The topological polar surface area (TPSA) is 62.6 Å². The van der Waals surface area contributed by atoms with Crippen molar-refractivity contribution >= 4 is 10.0 Å². The first-order valence-electron chi connectivity index (χ1n) is 6.97. The molecule has 0 aromatic carbocycles. The first kappa shape index (κ1) is 17.2. The summed E-state index contributed by atoms with van der Waals surface area (Å²) >= 11 is 0. The van der Waals surface area contributed by atoms with Gasteiger partial charge in [0, 0.05) is 19.1 Å². The van der Waals surface area contributed by atoms with Gasteiger partial charge in [0.05, 0.1) is 6.54 Å². The second kappa shape index (κ2) is 6.74.